The number of fused-ring (bicyclic) bond motifs is 5. The Bertz CT molecular complexity index is 893. The lowest BCUT2D eigenvalue weighted by Crippen LogP contribution is -2.52. The lowest BCUT2D eigenvalue weighted by Gasteiger charge is -2.59. The summed E-state index contributed by atoms with van der Waals surface area (Å²) < 4.78 is 0. The van der Waals surface area contributed by atoms with Crippen LogP contribution in [0, 0.1) is 40.4 Å². The maximum atomic E-state index is 12.4. The number of aromatic nitrogens is 1. The highest BCUT2D eigenvalue weighted by Gasteiger charge is 2.59. The normalized spacial score (nSPS) is 41.8. The fraction of sp³-hybridized carbons (Fsp3) is 0.667. The number of hydrazone groups is 1. The van der Waals surface area contributed by atoms with Crippen molar-refractivity contribution in [1.29, 1.82) is 0 Å². The van der Waals surface area contributed by atoms with Crippen LogP contribution in [0.4, 0.5) is 0 Å². The van der Waals surface area contributed by atoms with E-state index in [0.29, 0.717) is 22.3 Å². The zero-order valence-electron chi connectivity index (χ0n) is 19.3. The minimum absolute atomic E-state index is 0.151. The molecule has 166 valence electrons. The first-order valence-electron chi connectivity index (χ1n) is 12.3. The van der Waals surface area contributed by atoms with Gasteiger partial charge in [0.25, 0.3) is 5.91 Å². The SMILES string of the molecule is CC(=NNC(=O)c1ccncc1)C1CCC2C3CC[C@H]4CC=CC[C@]4(C)C3CC[C@]12C. The Morgan fingerprint density at radius 1 is 1.03 bits per heavy atom. The molecule has 7 atom stereocenters. The molecule has 0 bridgehead atoms. The summed E-state index contributed by atoms with van der Waals surface area (Å²) in [5, 5.41) is 4.59. The highest BCUT2D eigenvalue weighted by molar-refractivity contribution is 5.95. The molecule has 0 saturated heterocycles. The molecule has 31 heavy (non-hydrogen) atoms. The number of pyridine rings is 1. The van der Waals surface area contributed by atoms with Gasteiger partial charge in [0.05, 0.1) is 0 Å². The Morgan fingerprint density at radius 3 is 2.61 bits per heavy atom. The van der Waals surface area contributed by atoms with Crippen LogP contribution < -0.4 is 5.43 Å². The fourth-order valence-electron chi connectivity index (χ4n) is 8.31. The van der Waals surface area contributed by atoms with E-state index in [9.17, 15) is 4.79 Å². The van der Waals surface area contributed by atoms with Crippen LogP contribution in [0.1, 0.15) is 82.5 Å². The minimum atomic E-state index is -0.151. The van der Waals surface area contributed by atoms with E-state index in [2.05, 4.69) is 48.4 Å². The highest BCUT2D eigenvalue weighted by atomic mass is 16.2. The summed E-state index contributed by atoms with van der Waals surface area (Å²) in [6, 6.07) is 3.46. The molecule has 0 aromatic carbocycles. The van der Waals surface area contributed by atoms with E-state index in [1.165, 1.54) is 51.4 Å². The van der Waals surface area contributed by atoms with E-state index in [0.717, 1.165) is 29.4 Å². The number of rotatable bonds is 3. The molecule has 0 spiro atoms. The molecule has 3 fully saturated rings. The van der Waals surface area contributed by atoms with E-state index in [1.807, 2.05) is 0 Å². The van der Waals surface area contributed by atoms with Gasteiger partial charge in [0.2, 0.25) is 0 Å². The number of allylic oxidation sites excluding steroid dienone is 2. The van der Waals surface area contributed by atoms with Gasteiger partial charge >= 0.3 is 0 Å². The maximum Gasteiger partial charge on any atom is 0.271 e. The first kappa shape index (κ1) is 20.9. The van der Waals surface area contributed by atoms with Gasteiger partial charge in [-0.3, -0.25) is 9.78 Å². The molecular weight excluding hydrogens is 382 g/mol. The van der Waals surface area contributed by atoms with E-state index in [1.54, 1.807) is 24.5 Å². The van der Waals surface area contributed by atoms with Crippen molar-refractivity contribution in [3.63, 3.8) is 0 Å². The number of nitrogens with one attached hydrogen (secondary N) is 1. The summed E-state index contributed by atoms with van der Waals surface area (Å²) in [5.41, 5.74) is 5.35. The largest absolute Gasteiger partial charge is 0.271 e. The van der Waals surface area contributed by atoms with Crippen molar-refractivity contribution < 1.29 is 4.79 Å². The second-order valence-electron chi connectivity index (χ2n) is 11.2. The van der Waals surface area contributed by atoms with Crippen molar-refractivity contribution in [2.75, 3.05) is 0 Å². The second-order valence-corrected chi connectivity index (χ2v) is 11.2. The van der Waals surface area contributed by atoms with Crippen molar-refractivity contribution >= 4 is 11.6 Å². The van der Waals surface area contributed by atoms with Crippen LogP contribution >= 0.6 is 0 Å². The zero-order valence-corrected chi connectivity index (χ0v) is 19.3. The third-order valence-electron chi connectivity index (χ3n) is 9.99. The van der Waals surface area contributed by atoms with Gasteiger partial charge in [0.15, 0.2) is 0 Å². The minimum Gasteiger partial charge on any atom is -0.267 e. The molecule has 4 aliphatic rings. The first-order valence-corrected chi connectivity index (χ1v) is 12.3. The Balaban J connectivity index is 1.32. The van der Waals surface area contributed by atoms with Gasteiger partial charge < -0.3 is 0 Å². The van der Waals surface area contributed by atoms with E-state index < -0.39 is 0 Å². The second kappa shape index (κ2) is 7.86. The predicted molar refractivity (Wildman–Crippen MR) is 125 cm³/mol. The highest BCUT2D eigenvalue weighted by Crippen LogP contribution is 2.67. The van der Waals surface area contributed by atoms with Crippen LogP contribution in [0.15, 0.2) is 41.8 Å². The Labute approximate surface area is 187 Å². The zero-order chi connectivity index (χ0) is 21.6. The van der Waals surface area contributed by atoms with Gasteiger partial charge in [-0.05, 0) is 105 Å². The van der Waals surface area contributed by atoms with Crippen LogP contribution in [0.25, 0.3) is 0 Å². The molecule has 1 heterocycles. The van der Waals surface area contributed by atoms with Gasteiger partial charge in [-0.15, -0.1) is 0 Å². The van der Waals surface area contributed by atoms with Crippen molar-refractivity contribution in [2.45, 2.75) is 72.1 Å². The molecule has 5 rings (SSSR count). The Hall–Kier alpha value is -1.97. The van der Waals surface area contributed by atoms with Gasteiger partial charge in [0.1, 0.15) is 0 Å². The molecule has 4 aliphatic carbocycles. The summed E-state index contributed by atoms with van der Waals surface area (Å²) in [7, 11) is 0. The quantitative estimate of drug-likeness (QED) is 0.370. The van der Waals surface area contributed by atoms with Crippen LogP contribution in [0.2, 0.25) is 0 Å². The predicted octanol–water partition coefficient (Wildman–Crippen LogP) is 6.01. The number of carbonyl (C=O) groups is 1. The van der Waals surface area contributed by atoms with E-state index in [-0.39, 0.29) is 5.91 Å². The molecule has 1 N–H and O–H groups in total. The van der Waals surface area contributed by atoms with Gasteiger partial charge in [-0.1, -0.05) is 26.0 Å². The Morgan fingerprint density at radius 2 is 1.81 bits per heavy atom. The lowest BCUT2D eigenvalue weighted by atomic mass is 9.45. The number of carbonyl (C=O) groups excluding carboxylic acids is 1. The van der Waals surface area contributed by atoms with E-state index >= 15 is 0 Å². The molecule has 1 aromatic heterocycles. The molecule has 4 nitrogen and oxygen atoms in total. The number of hydrogen-bond acceptors (Lipinski definition) is 3. The summed E-state index contributed by atoms with van der Waals surface area (Å²) in [5.74, 6) is 3.79. The molecule has 4 unspecified atom stereocenters. The van der Waals surface area contributed by atoms with Gasteiger partial charge in [-0.25, -0.2) is 5.43 Å². The van der Waals surface area contributed by atoms with Crippen LogP contribution in [0.3, 0.4) is 0 Å². The average Bonchev–Trinajstić information content (AvgIpc) is 3.14. The van der Waals surface area contributed by atoms with Gasteiger partial charge in [0, 0.05) is 29.6 Å². The van der Waals surface area contributed by atoms with E-state index in [4.69, 9.17) is 0 Å². The molecule has 0 radical (unpaired) electrons. The van der Waals surface area contributed by atoms with Crippen molar-refractivity contribution in [3.8, 4) is 0 Å². The summed E-state index contributed by atoms with van der Waals surface area (Å²) in [6.45, 7) is 7.26. The molecule has 1 amide bonds. The number of amides is 1. The van der Waals surface area contributed by atoms with Gasteiger partial charge in [-0.2, -0.15) is 5.10 Å². The monoisotopic (exact) mass is 419 g/mol. The van der Waals surface area contributed by atoms with Crippen LogP contribution in [0.5, 0.6) is 0 Å². The standard InChI is InChI=1S/C27H37N3O/c1-18(29-30-25(31)19-12-16-28-17-13-19)22-9-10-23-21-8-7-20-6-4-5-14-26(20,2)24(21)11-15-27(22,23)3/h4-5,12-13,16-17,20-24H,6-11,14-15H2,1-3H3,(H,30,31)/t20-,21?,22?,23?,24?,26+,27-/m1/s1. The number of hydrogen-bond donors (Lipinski definition) is 1. The van der Waals surface area contributed by atoms with Crippen LogP contribution in [-0.4, -0.2) is 16.6 Å². The summed E-state index contributed by atoms with van der Waals surface area (Å²) >= 11 is 0. The topological polar surface area (TPSA) is 54.4 Å². The summed E-state index contributed by atoms with van der Waals surface area (Å²) in [6.07, 6.45) is 18.8. The van der Waals surface area contributed by atoms with Crippen LogP contribution in [-0.2, 0) is 0 Å². The van der Waals surface area contributed by atoms with Crippen molar-refractivity contribution in [3.05, 3.63) is 42.2 Å². The molecule has 0 aliphatic heterocycles. The molecule has 3 saturated carbocycles. The first-order chi connectivity index (χ1) is 14.9. The van der Waals surface area contributed by atoms with Crippen molar-refractivity contribution in [1.82, 2.24) is 10.4 Å². The summed E-state index contributed by atoms with van der Waals surface area (Å²) in [4.78, 5) is 16.4. The van der Waals surface area contributed by atoms with Crippen molar-refractivity contribution in [2.24, 2.45) is 45.5 Å². The fourth-order valence-corrected chi connectivity index (χ4v) is 8.31. The third kappa shape index (κ3) is 3.37. The average molecular weight is 420 g/mol. The lowest BCUT2D eigenvalue weighted by molar-refractivity contribution is -0.0913. The molecule has 4 heteroatoms. The maximum absolute atomic E-state index is 12.4. The number of nitrogens with zero attached hydrogens (tertiary/aromatic N) is 2. The Kier molecular flexibility index (Phi) is 5.30. The smallest absolute Gasteiger partial charge is 0.267 e. The molecular formula is C27H37N3O. The molecule has 1 aromatic rings. The third-order valence-corrected chi connectivity index (χ3v) is 9.99.